The highest BCUT2D eigenvalue weighted by Crippen LogP contribution is 2.35. The van der Waals surface area contributed by atoms with Gasteiger partial charge in [-0.25, -0.2) is 0 Å². The van der Waals surface area contributed by atoms with Crippen LogP contribution in [0, 0.1) is 5.92 Å². The number of para-hydroxylation sites is 1. The third-order valence-corrected chi connectivity index (χ3v) is 3.97. The zero-order valence-electron chi connectivity index (χ0n) is 10.5. The monoisotopic (exact) mass is 276 g/mol. The van der Waals surface area contributed by atoms with Gasteiger partial charge >= 0.3 is 0 Å². The summed E-state index contributed by atoms with van der Waals surface area (Å²) in [4.78, 5) is 12.7. The van der Waals surface area contributed by atoms with Gasteiger partial charge in [-0.15, -0.1) is 0 Å². The molecular weight excluding hydrogens is 260 g/mol. The van der Waals surface area contributed by atoms with Crippen molar-refractivity contribution in [3.8, 4) is 5.75 Å². The first-order valence-corrected chi connectivity index (χ1v) is 6.89. The van der Waals surface area contributed by atoms with Crippen LogP contribution in [0.15, 0.2) is 24.3 Å². The summed E-state index contributed by atoms with van der Waals surface area (Å²) >= 11 is 5.04. The van der Waals surface area contributed by atoms with Gasteiger partial charge in [0, 0.05) is 5.56 Å². The lowest BCUT2D eigenvalue weighted by Crippen LogP contribution is -2.46. The fraction of sp³-hybridized carbons (Fsp3) is 0.429. The van der Waals surface area contributed by atoms with Crippen molar-refractivity contribution in [3.63, 3.8) is 0 Å². The van der Waals surface area contributed by atoms with Crippen molar-refractivity contribution in [1.29, 1.82) is 0 Å². The molecule has 1 aromatic carbocycles. The minimum Gasteiger partial charge on any atom is -0.492 e. The quantitative estimate of drug-likeness (QED) is 0.815. The Morgan fingerprint density at radius 3 is 2.84 bits per heavy atom. The number of ether oxygens (including phenoxy) is 1. The van der Waals surface area contributed by atoms with Gasteiger partial charge in [-0.3, -0.25) is 4.79 Å². The van der Waals surface area contributed by atoms with Crippen LogP contribution in [0.4, 0.5) is 0 Å². The number of hydrogen-bond donors (Lipinski definition) is 2. The molecule has 100 valence electrons. The topological polar surface area (TPSA) is 64.3 Å². The van der Waals surface area contributed by atoms with Crippen molar-refractivity contribution in [2.24, 2.45) is 11.7 Å². The number of fused-ring (bicyclic) bond motifs is 1. The van der Waals surface area contributed by atoms with Gasteiger partial charge in [-0.05, 0) is 24.8 Å². The molecule has 2 atom stereocenters. The third kappa shape index (κ3) is 2.42. The highest BCUT2D eigenvalue weighted by molar-refractivity contribution is 7.80. The Morgan fingerprint density at radius 2 is 2.16 bits per heavy atom. The molecule has 5 heteroatoms. The van der Waals surface area contributed by atoms with E-state index in [1.165, 1.54) is 0 Å². The molecule has 1 saturated carbocycles. The zero-order chi connectivity index (χ0) is 13.4. The maximum Gasteiger partial charge on any atom is 0.231 e. The second kappa shape index (κ2) is 4.81. The van der Waals surface area contributed by atoms with E-state index in [9.17, 15) is 4.79 Å². The van der Waals surface area contributed by atoms with E-state index in [2.05, 4.69) is 5.32 Å². The van der Waals surface area contributed by atoms with Crippen LogP contribution >= 0.6 is 12.2 Å². The lowest BCUT2D eigenvalue weighted by atomic mass is 10.00. The number of hydrogen-bond acceptors (Lipinski definition) is 3. The minimum absolute atomic E-state index is 0.0466. The normalized spacial score (nSPS) is 22.2. The summed E-state index contributed by atoms with van der Waals surface area (Å²) in [5.41, 5.74) is 6.65. The first kappa shape index (κ1) is 12.4. The van der Waals surface area contributed by atoms with E-state index < -0.39 is 0 Å². The number of amides is 1. The van der Waals surface area contributed by atoms with Gasteiger partial charge in [-0.2, -0.15) is 0 Å². The maximum atomic E-state index is 12.3. The van der Waals surface area contributed by atoms with Crippen LogP contribution in [0.1, 0.15) is 24.3 Å². The molecule has 4 nitrogen and oxygen atoms in total. The molecule has 0 aromatic heterocycles. The molecule has 1 amide bonds. The Balaban J connectivity index is 1.73. The standard InChI is InChI=1S/C14H16N2O2S/c15-13(19)12(8-5-6-8)16-14(17)10-7-18-11-4-2-1-3-9(10)11/h1-4,8,10,12H,5-7H2,(H2,15,19)(H,16,17). The molecule has 1 aliphatic heterocycles. The summed E-state index contributed by atoms with van der Waals surface area (Å²) in [6, 6.07) is 7.46. The smallest absolute Gasteiger partial charge is 0.231 e. The Morgan fingerprint density at radius 1 is 1.42 bits per heavy atom. The fourth-order valence-corrected chi connectivity index (χ4v) is 2.74. The van der Waals surface area contributed by atoms with E-state index in [4.69, 9.17) is 22.7 Å². The van der Waals surface area contributed by atoms with Crippen molar-refractivity contribution in [2.75, 3.05) is 6.61 Å². The Labute approximate surface area is 117 Å². The van der Waals surface area contributed by atoms with Crippen LogP contribution in [0.25, 0.3) is 0 Å². The Bertz CT molecular complexity index is 528. The minimum atomic E-state index is -0.258. The van der Waals surface area contributed by atoms with Crippen LogP contribution in [0.2, 0.25) is 0 Å². The SMILES string of the molecule is NC(=S)C(NC(=O)C1COc2ccccc21)C1CC1. The number of carbonyl (C=O) groups is 1. The number of nitrogens with two attached hydrogens (primary N) is 1. The first-order valence-electron chi connectivity index (χ1n) is 6.48. The average Bonchev–Trinajstić information content (AvgIpc) is 3.14. The van der Waals surface area contributed by atoms with Crippen molar-refractivity contribution in [3.05, 3.63) is 29.8 Å². The molecule has 3 rings (SSSR count). The van der Waals surface area contributed by atoms with E-state index in [1.807, 2.05) is 24.3 Å². The molecule has 1 aliphatic carbocycles. The summed E-state index contributed by atoms with van der Waals surface area (Å²) < 4.78 is 5.53. The average molecular weight is 276 g/mol. The van der Waals surface area contributed by atoms with Crippen molar-refractivity contribution in [2.45, 2.75) is 24.8 Å². The molecule has 3 N–H and O–H groups in total. The highest BCUT2D eigenvalue weighted by Gasteiger charge is 2.37. The van der Waals surface area contributed by atoms with Crippen LogP contribution < -0.4 is 15.8 Å². The van der Waals surface area contributed by atoms with Gasteiger partial charge < -0.3 is 15.8 Å². The molecule has 19 heavy (non-hydrogen) atoms. The van der Waals surface area contributed by atoms with Crippen LogP contribution in [0.5, 0.6) is 5.75 Å². The van der Waals surface area contributed by atoms with E-state index >= 15 is 0 Å². The first-order chi connectivity index (χ1) is 9.16. The van der Waals surface area contributed by atoms with Crippen molar-refractivity contribution in [1.82, 2.24) is 5.32 Å². The third-order valence-electron chi connectivity index (χ3n) is 3.71. The van der Waals surface area contributed by atoms with Crippen molar-refractivity contribution >= 4 is 23.1 Å². The molecular formula is C14H16N2O2S. The molecule has 0 bridgehead atoms. The number of benzene rings is 1. The number of nitrogens with one attached hydrogen (secondary N) is 1. The second-order valence-corrected chi connectivity index (χ2v) is 5.60. The molecule has 0 spiro atoms. The Kier molecular flexibility index (Phi) is 3.14. The van der Waals surface area contributed by atoms with Crippen molar-refractivity contribution < 1.29 is 9.53 Å². The molecule has 1 fully saturated rings. The van der Waals surface area contributed by atoms with Crippen LogP contribution in [-0.4, -0.2) is 23.5 Å². The highest BCUT2D eigenvalue weighted by atomic mass is 32.1. The van der Waals surface area contributed by atoms with Gasteiger partial charge in [0.1, 0.15) is 18.3 Å². The largest absolute Gasteiger partial charge is 0.492 e. The molecule has 2 unspecified atom stereocenters. The molecule has 2 aliphatic rings. The van der Waals surface area contributed by atoms with E-state index in [0.29, 0.717) is 17.5 Å². The second-order valence-electron chi connectivity index (χ2n) is 5.13. The van der Waals surface area contributed by atoms with E-state index in [0.717, 1.165) is 24.2 Å². The predicted molar refractivity (Wildman–Crippen MR) is 76.1 cm³/mol. The van der Waals surface area contributed by atoms with Crippen LogP contribution in [-0.2, 0) is 4.79 Å². The molecule has 0 radical (unpaired) electrons. The number of thiocarbonyl (C=S) groups is 1. The summed E-state index contributed by atoms with van der Waals surface area (Å²) in [7, 11) is 0. The van der Waals surface area contributed by atoms with Gasteiger partial charge in [0.2, 0.25) is 5.91 Å². The fourth-order valence-electron chi connectivity index (χ4n) is 2.48. The van der Waals surface area contributed by atoms with Gasteiger partial charge in [0.15, 0.2) is 0 Å². The van der Waals surface area contributed by atoms with E-state index in [-0.39, 0.29) is 17.9 Å². The molecule has 0 saturated heterocycles. The predicted octanol–water partition coefficient (Wildman–Crippen LogP) is 1.34. The zero-order valence-corrected chi connectivity index (χ0v) is 11.3. The summed E-state index contributed by atoms with van der Waals surface area (Å²) in [5.74, 6) is 0.904. The molecule has 1 heterocycles. The molecule has 1 aromatic rings. The lowest BCUT2D eigenvalue weighted by molar-refractivity contribution is -0.123. The number of rotatable bonds is 4. The summed E-state index contributed by atoms with van der Waals surface area (Å²) in [6.07, 6.45) is 2.17. The Hall–Kier alpha value is -1.62. The van der Waals surface area contributed by atoms with Gasteiger partial charge in [-0.1, -0.05) is 30.4 Å². The van der Waals surface area contributed by atoms with Crippen LogP contribution in [0.3, 0.4) is 0 Å². The maximum absolute atomic E-state index is 12.3. The van der Waals surface area contributed by atoms with Gasteiger partial charge in [0.25, 0.3) is 0 Å². The van der Waals surface area contributed by atoms with E-state index in [1.54, 1.807) is 0 Å². The van der Waals surface area contributed by atoms with Gasteiger partial charge in [0.05, 0.1) is 11.0 Å². The summed E-state index contributed by atoms with van der Waals surface area (Å²) in [5, 5.41) is 2.98. The summed E-state index contributed by atoms with van der Waals surface area (Å²) in [6.45, 7) is 0.389. The lowest BCUT2D eigenvalue weighted by Gasteiger charge is -2.19. The number of carbonyl (C=O) groups excluding carboxylic acids is 1.